The maximum atomic E-state index is 12.4. The molecule has 0 spiro atoms. The Labute approximate surface area is 166 Å². The van der Waals surface area contributed by atoms with E-state index in [1.165, 1.54) is 11.8 Å². The SMILES string of the molecule is COc1ccc(C)cc1NC(=O)CSc1nnc2c3ccccc3n(C)c2n1. The molecule has 0 unspecified atom stereocenters. The van der Waals surface area contributed by atoms with Crippen LogP contribution in [0.3, 0.4) is 0 Å². The zero-order chi connectivity index (χ0) is 19.7. The second-order valence-corrected chi connectivity index (χ2v) is 7.33. The van der Waals surface area contributed by atoms with Crippen LogP contribution in [0.5, 0.6) is 5.75 Å². The van der Waals surface area contributed by atoms with E-state index in [9.17, 15) is 4.79 Å². The molecule has 0 aliphatic rings. The van der Waals surface area contributed by atoms with Crippen LogP contribution >= 0.6 is 11.8 Å². The predicted molar refractivity (Wildman–Crippen MR) is 111 cm³/mol. The molecular weight excluding hydrogens is 374 g/mol. The van der Waals surface area contributed by atoms with E-state index < -0.39 is 0 Å². The highest BCUT2D eigenvalue weighted by Crippen LogP contribution is 2.27. The number of thioether (sulfide) groups is 1. The fourth-order valence-corrected chi connectivity index (χ4v) is 3.67. The van der Waals surface area contributed by atoms with Gasteiger partial charge in [0, 0.05) is 12.4 Å². The molecule has 7 nitrogen and oxygen atoms in total. The van der Waals surface area contributed by atoms with Crippen molar-refractivity contribution in [3.63, 3.8) is 0 Å². The number of anilines is 1. The van der Waals surface area contributed by atoms with Crippen LogP contribution in [0.25, 0.3) is 22.1 Å². The number of amides is 1. The predicted octanol–water partition coefficient (Wildman–Crippen LogP) is 3.56. The average molecular weight is 393 g/mol. The third kappa shape index (κ3) is 3.38. The van der Waals surface area contributed by atoms with Gasteiger partial charge in [-0.25, -0.2) is 4.98 Å². The fourth-order valence-electron chi connectivity index (χ4n) is 3.09. The molecule has 1 N–H and O–H groups in total. The van der Waals surface area contributed by atoms with Crippen LogP contribution < -0.4 is 10.1 Å². The second-order valence-electron chi connectivity index (χ2n) is 6.38. The number of hydrogen-bond acceptors (Lipinski definition) is 6. The highest BCUT2D eigenvalue weighted by atomic mass is 32.2. The lowest BCUT2D eigenvalue weighted by Crippen LogP contribution is -2.15. The van der Waals surface area contributed by atoms with E-state index in [0.29, 0.717) is 16.6 Å². The summed E-state index contributed by atoms with van der Waals surface area (Å²) in [6, 6.07) is 13.6. The minimum absolute atomic E-state index is 0.158. The molecule has 8 heteroatoms. The molecule has 0 fully saturated rings. The van der Waals surface area contributed by atoms with E-state index in [1.54, 1.807) is 7.11 Å². The molecule has 4 rings (SSSR count). The Morgan fingerprint density at radius 2 is 2.04 bits per heavy atom. The van der Waals surface area contributed by atoms with Gasteiger partial charge in [0.15, 0.2) is 5.65 Å². The lowest BCUT2D eigenvalue weighted by atomic mass is 10.2. The maximum Gasteiger partial charge on any atom is 0.234 e. The van der Waals surface area contributed by atoms with Gasteiger partial charge in [-0.05, 0) is 30.7 Å². The van der Waals surface area contributed by atoms with Crippen LogP contribution in [0.1, 0.15) is 5.56 Å². The van der Waals surface area contributed by atoms with E-state index in [0.717, 1.165) is 27.6 Å². The van der Waals surface area contributed by atoms with Crippen LogP contribution in [0.2, 0.25) is 0 Å². The Kier molecular flexibility index (Phi) is 4.87. The molecule has 0 saturated carbocycles. The monoisotopic (exact) mass is 393 g/mol. The number of fused-ring (bicyclic) bond motifs is 3. The van der Waals surface area contributed by atoms with Crippen LogP contribution in [-0.2, 0) is 11.8 Å². The first-order valence-electron chi connectivity index (χ1n) is 8.72. The molecular formula is C20H19N5O2S. The lowest BCUT2D eigenvalue weighted by Gasteiger charge is -2.10. The minimum Gasteiger partial charge on any atom is -0.495 e. The summed E-state index contributed by atoms with van der Waals surface area (Å²) in [6.07, 6.45) is 0. The van der Waals surface area contributed by atoms with Crippen LogP contribution in [-0.4, -0.2) is 38.5 Å². The van der Waals surface area contributed by atoms with Crippen LogP contribution in [0, 0.1) is 6.92 Å². The number of ether oxygens (including phenoxy) is 1. The molecule has 28 heavy (non-hydrogen) atoms. The van der Waals surface area contributed by atoms with E-state index in [4.69, 9.17) is 4.74 Å². The molecule has 0 radical (unpaired) electrons. The topological polar surface area (TPSA) is 81.9 Å². The van der Waals surface area contributed by atoms with E-state index >= 15 is 0 Å². The van der Waals surface area contributed by atoms with Crippen molar-refractivity contribution in [2.75, 3.05) is 18.2 Å². The number of benzene rings is 2. The normalized spacial score (nSPS) is 11.1. The quantitative estimate of drug-likeness (QED) is 0.522. The number of para-hydroxylation sites is 1. The lowest BCUT2D eigenvalue weighted by molar-refractivity contribution is -0.113. The van der Waals surface area contributed by atoms with Crippen molar-refractivity contribution in [3.8, 4) is 5.75 Å². The zero-order valence-corrected chi connectivity index (χ0v) is 16.6. The number of rotatable bonds is 5. The van der Waals surface area contributed by atoms with Gasteiger partial charge in [-0.2, -0.15) is 0 Å². The van der Waals surface area contributed by atoms with Crippen molar-refractivity contribution >= 4 is 45.4 Å². The number of carbonyl (C=O) groups is 1. The number of hydrogen-bond donors (Lipinski definition) is 1. The molecule has 0 saturated heterocycles. The van der Waals surface area contributed by atoms with Gasteiger partial charge >= 0.3 is 0 Å². The summed E-state index contributed by atoms with van der Waals surface area (Å²) in [5, 5.41) is 12.9. The van der Waals surface area contributed by atoms with Gasteiger partial charge in [0.05, 0.1) is 24.1 Å². The third-order valence-corrected chi connectivity index (χ3v) is 5.29. The highest BCUT2D eigenvalue weighted by molar-refractivity contribution is 7.99. The Bertz CT molecular complexity index is 1190. The number of nitrogens with zero attached hydrogens (tertiary/aromatic N) is 4. The summed E-state index contributed by atoms with van der Waals surface area (Å²) >= 11 is 1.25. The van der Waals surface area contributed by atoms with Gasteiger partial charge in [-0.3, -0.25) is 4.79 Å². The van der Waals surface area contributed by atoms with Gasteiger partial charge in [0.2, 0.25) is 11.1 Å². The minimum atomic E-state index is -0.158. The second kappa shape index (κ2) is 7.47. The van der Waals surface area contributed by atoms with Gasteiger partial charge in [0.25, 0.3) is 0 Å². The molecule has 2 aromatic carbocycles. The van der Waals surface area contributed by atoms with Crippen molar-refractivity contribution in [1.29, 1.82) is 0 Å². The van der Waals surface area contributed by atoms with E-state index in [1.807, 2.05) is 61.0 Å². The molecule has 142 valence electrons. The van der Waals surface area contributed by atoms with Gasteiger partial charge < -0.3 is 14.6 Å². The zero-order valence-electron chi connectivity index (χ0n) is 15.8. The summed E-state index contributed by atoms with van der Waals surface area (Å²) in [5.74, 6) is 0.641. The van der Waals surface area contributed by atoms with Crippen LogP contribution in [0.15, 0.2) is 47.6 Å². The van der Waals surface area contributed by atoms with Gasteiger partial charge in [-0.1, -0.05) is 36.0 Å². The smallest absolute Gasteiger partial charge is 0.234 e. The number of nitrogens with one attached hydrogen (secondary N) is 1. The summed E-state index contributed by atoms with van der Waals surface area (Å²) in [5.41, 5.74) is 4.25. The Hall–Kier alpha value is -3.13. The van der Waals surface area contributed by atoms with Crippen molar-refractivity contribution in [2.45, 2.75) is 12.1 Å². The van der Waals surface area contributed by atoms with Crippen molar-refractivity contribution < 1.29 is 9.53 Å². The van der Waals surface area contributed by atoms with Crippen molar-refractivity contribution in [3.05, 3.63) is 48.0 Å². The first-order chi connectivity index (χ1) is 13.6. The molecule has 2 heterocycles. The summed E-state index contributed by atoms with van der Waals surface area (Å²) in [4.78, 5) is 17.0. The number of methoxy groups -OCH3 is 1. The molecule has 0 aliphatic heterocycles. The molecule has 1 amide bonds. The Balaban J connectivity index is 1.51. The molecule has 0 atom stereocenters. The number of carbonyl (C=O) groups excluding carboxylic acids is 1. The van der Waals surface area contributed by atoms with Crippen molar-refractivity contribution in [2.24, 2.45) is 7.05 Å². The summed E-state index contributed by atoms with van der Waals surface area (Å²) in [6.45, 7) is 1.96. The van der Waals surface area contributed by atoms with E-state index in [2.05, 4.69) is 20.5 Å². The largest absolute Gasteiger partial charge is 0.495 e. The first-order valence-corrected chi connectivity index (χ1v) is 9.70. The van der Waals surface area contributed by atoms with Gasteiger partial charge in [-0.15, -0.1) is 10.2 Å². The molecule has 0 bridgehead atoms. The first kappa shape index (κ1) is 18.2. The standard InChI is InChI=1S/C20H19N5O2S/c1-12-8-9-16(27-3)14(10-12)21-17(26)11-28-20-22-19-18(23-24-20)13-6-4-5-7-15(13)25(19)2/h4-10H,11H2,1-3H3,(H,21,26). The maximum absolute atomic E-state index is 12.4. The molecule has 0 aliphatic carbocycles. The highest BCUT2D eigenvalue weighted by Gasteiger charge is 2.14. The van der Waals surface area contributed by atoms with Crippen molar-refractivity contribution in [1.82, 2.24) is 19.7 Å². The average Bonchev–Trinajstić information content (AvgIpc) is 2.99. The number of aromatic nitrogens is 4. The summed E-state index contributed by atoms with van der Waals surface area (Å²) < 4.78 is 7.28. The van der Waals surface area contributed by atoms with Crippen LogP contribution in [0.4, 0.5) is 5.69 Å². The number of aryl methyl sites for hydroxylation is 2. The van der Waals surface area contributed by atoms with E-state index in [-0.39, 0.29) is 11.7 Å². The molecule has 4 aromatic rings. The molecule has 2 aromatic heterocycles. The fraction of sp³-hybridized carbons (Fsp3) is 0.200. The third-order valence-electron chi connectivity index (χ3n) is 4.45. The van der Waals surface area contributed by atoms with Gasteiger partial charge in [0.1, 0.15) is 11.3 Å². The Morgan fingerprint density at radius 1 is 1.21 bits per heavy atom. The Morgan fingerprint density at radius 3 is 2.86 bits per heavy atom. The summed E-state index contributed by atoms with van der Waals surface area (Å²) in [7, 11) is 3.53.